The lowest BCUT2D eigenvalue weighted by atomic mass is 10.0. The molecule has 480 valence electrons. The van der Waals surface area contributed by atoms with Crippen LogP contribution in [-0.4, -0.2) is 163 Å². The number of ether oxygens (including phenoxy) is 2. The Bertz CT molecular complexity index is 3280. The Balaban J connectivity index is 0.000000261. The van der Waals surface area contributed by atoms with Gasteiger partial charge in [0.25, 0.3) is 0 Å². The molecule has 0 fully saturated rings. The van der Waals surface area contributed by atoms with Gasteiger partial charge < -0.3 is 66.9 Å². The maximum Gasteiger partial charge on any atom is 0.307 e. The molecular formula is C66H78N12O13. The molecule has 0 aliphatic heterocycles. The van der Waals surface area contributed by atoms with E-state index in [-0.39, 0.29) is 51.1 Å². The molecule has 25 nitrogen and oxygen atoms in total. The second kappa shape index (κ2) is 38.4. The molecule has 0 bridgehead atoms. The summed E-state index contributed by atoms with van der Waals surface area (Å²) in [5.41, 5.74) is 12.3. The maximum absolute atomic E-state index is 12.4. The normalized spacial score (nSPS) is 11.2. The van der Waals surface area contributed by atoms with Crippen molar-refractivity contribution < 1.29 is 64.4 Å². The Hall–Kier alpha value is -9.22. The predicted octanol–water partition coefficient (Wildman–Crippen LogP) is 3.12. The van der Waals surface area contributed by atoms with Gasteiger partial charge in [-0.05, 0) is 107 Å². The van der Waals surface area contributed by atoms with Crippen molar-refractivity contribution in [2.24, 2.45) is 5.73 Å². The number of nitrogens with one attached hydrogen (secondary N) is 3. The molecule has 8 rings (SSSR count). The lowest BCUT2D eigenvalue weighted by Crippen LogP contribution is -2.57. The number of aliphatic carboxylic acids is 1. The van der Waals surface area contributed by atoms with E-state index in [1.807, 2.05) is 97.1 Å². The van der Waals surface area contributed by atoms with E-state index in [2.05, 4.69) is 55.7 Å². The number of anilines is 2. The van der Waals surface area contributed by atoms with Gasteiger partial charge in [-0.15, -0.1) is 0 Å². The molecule has 0 aliphatic carbocycles. The number of aliphatic hydroxyl groups is 6. The smallest absolute Gasteiger partial charge is 0.307 e. The third kappa shape index (κ3) is 26.4. The molecule has 12 N–H and O–H groups in total. The van der Waals surface area contributed by atoms with E-state index in [0.717, 1.165) is 45.3 Å². The molecule has 2 aromatic carbocycles. The number of carbonyl (C=O) groups excluding carboxylic acids is 3. The molecular weight excluding hydrogens is 1170 g/mol. The molecule has 0 saturated heterocycles. The lowest BCUT2D eigenvalue weighted by Gasteiger charge is -2.28. The molecule has 8 aromatic rings. The number of nitrogens with zero attached hydrogens (tertiary/aromatic N) is 8. The van der Waals surface area contributed by atoms with Crippen LogP contribution in [0, 0.1) is 0 Å². The average Bonchev–Trinajstić information content (AvgIpc) is 3.19. The Kier molecular flexibility index (Phi) is 29.9. The van der Waals surface area contributed by atoms with E-state index < -0.39 is 62.6 Å². The molecule has 0 atom stereocenters. The van der Waals surface area contributed by atoms with Crippen molar-refractivity contribution >= 4 is 35.1 Å². The van der Waals surface area contributed by atoms with Gasteiger partial charge in [0.2, 0.25) is 17.7 Å². The summed E-state index contributed by atoms with van der Waals surface area (Å²) in [4.78, 5) is 79.1. The van der Waals surface area contributed by atoms with Crippen molar-refractivity contribution in [2.45, 2.75) is 76.4 Å². The van der Waals surface area contributed by atoms with E-state index in [0.29, 0.717) is 61.8 Å². The first-order valence-corrected chi connectivity index (χ1v) is 28.9. The van der Waals surface area contributed by atoms with E-state index in [1.165, 1.54) is 0 Å². The number of aliphatic hydroxyl groups excluding tert-OH is 6. The summed E-state index contributed by atoms with van der Waals surface area (Å²) in [7, 11) is 0. The first-order valence-electron chi connectivity index (χ1n) is 28.9. The number of carboxylic acids is 1. The van der Waals surface area contributed by atoms with Gasteiger partial charge in [-0.2, -0.15) is 0 Å². The third-order valence-electron chi connectivity index (χ3n) is 13.4. The van der Waals surface area contributed by atoms with Crippen LogP contribution in [0.25, 0.3) is 0 Å². The van der Waals surface area contributed by atoms with E-state index in [1.54, 1.807) is 85.7 Å². The van der Waals surface area contributed by atoms with Crippen LogP contribution in [0.2, 0.25) is 0 Å². The van der Waals surface area contributed by atoms with Crippen LogP contribution in [0.4, 0.5) is 11.4 Å². The van der Waals surface area contributed by atoms with Gasteiger partial charge in [0, 0.05) is 87.8 Å². The monoisotopic (exact) mass is 1250 g/mol. The molecule has 0 spiro atoms. The summed E-state index contributed by atoms with van der Waals surface area (Å²) in [5, 5.41) is 69.9. The Morgan fingerprint density at radius 3 is 1.01 bits per heavy atom. The number of nitrogens with two attached hydrogens (primary N) is 1. The van der Waals surface area contributed by atoms with Crippen molar-refractivity contribution in [3.05, 3.63) is 239 Å². The SMILES string of the molecule is NC(CO)(CO)CO.O=C(COCc1ccc(CN(Cc2ccccn2)Cc2ccccn2)nc1)Nc1ccc(CC(=O)NC(CO)(CO)CO)cc1.O=C(O)Cc1ccc(NC(=O)COCc2ccc(CN(Cc3ccccn3)Cc3ccccn3)nc2)cc1. The van der Waals surface area contributed by atoms with Gasteiger partial charge in [-0.25, -0.2) is 0 Å². The molecule has 0 unspecified atom stereocenters. The van der Waals surface area contributed by atoms with Crippen LogP contribution in [0.1, 0.15) is 56.4 Å². The highest BCUT2D eigenvalue weighted by Gasteiger charge is 2.30. The number of pyridine rings is 6. The van der Waals surface area contributed by atoms with Crippen molar-refractivity contribution in [1.82, 2.24) is 45.0 Å². The Labute approximate surface area is 527 Å². The second-order valence-electron chi connectivity index (χ2n) is 21.3. The predicted molar refractivity (Wildman–Crippen MR) is 336 cm³/mol. The highest BCUT2D eigenvalue weighted by molar-refractivity contribution is 5.92. The molecule has 25 heteroatoms. The number of aromatic nitrogens is 6. The quantitative estimate of drug-likeness (QED) is 0.0281. The number of hydrogen-bond donors (Lipinski definition) is 11. The third-order valence-corrected chi connectivity index (χ3v) is 13.4. The number of amides is 3. The molecule has 3 amide bonds. The minimum absolute atomic E-state index is 0.0294. The summed E-state index contributed by atoms with van der Waals surface area (Å²) in [6.45, 7) is 1.08. The zero-order valence-electron chi connectivity index (χ0n) is 50.3. The van der Waals surface area contributed by atoms with Crippen molar-refractivity contribution in [3.8, 4) is 0 Å². The number of hydrogen-bond acceptors (Lipinski definition) is 21. The van der Waals surface area contributed by atoms with E-state index in [9.17, 15) is 34.5 Å². The molecule has 6 aromatic heterocycles. The van der Waals surface area contributed by atoms with Crippen molar-refractivity contribution in [1.29, 1.82) is 0 Å². The van der Waals surface area contributed by atoms with Gasteiger partial charge >= 0.3 is 5.97 Å². The van der Waals surface area contributed by atoms with Crippen LogP contribution in [0.3, 0.4) is 0 Å². The topological polar surface area (TPSA) is 374 Å². The van der Waals surface area contributed by atoms with Crippen LogP contribution < -0.4 is 21.7 Å². The first kappa shape index (κ1) is 70.9. The Morgan fingerprint density at radius 1 is 0.407 bits per heavy atom. The van der Waals surface area contributed by atoms with Crippen LogP contribution in [-0.2, 0) is 94.0 Å². The van der Waals surface area contributed by atoms with Crippen LogP contribution >= 0.6 is 0 Å². The van der Waals surface area contributed by atoms with Crippen molar-refractivity contribution in [2.75, 3.05) is 63.5 Å². The summed E-state index contributed by atoms with van der Waals surface area (Å²) in [6, 6.07) is 44.6. The molecule has 0 saturated carbocycles. The molecule has 6 heterocycles. The average molecular weight is 1250 g/mol. The summed E-state index contributed by atoms with van der Waals surface area (Å²) in [6.07, 6.45) is 10.6. The number of rotatable bonds is 33. The minimum Gasteiger partial charge on any atom is -0.481 e. The van der Waals surface area contributed by atoms with Gasteiger partial charge in [0.15, 0.2) is 0 Å². The summed E-state index contributed by atoms with van der Waals surface area (Å²) >= 11 is 0. The Morgan fingerprint density at radius 2 is 0.736 bits per heavy atom. The fraction of sp³-hybridized carbons (Fsp3) is 0.303. The van der Waals surface area contributed by atoms with E-state index >= 15 is 0 Å². The lowest BCUT2D eigenvalue weighted by molar-refractivity contribution is -0.136. The molecule has 0 radical (unpaired) electrons. The van der Waals surface area contributed by atoms with Gasteiger partial charge in [0.05, 0.1) is 105 Å². The van der Waals surface area contributed by atoms with Crippen LogP contribution in [0.15, 0.2) is 183 Å². The second-order valence-corrected chi connectivity index (χ2v) is 21.3. The standard InChI is InChI=1S/C33H38N6O6.C29H29N5O4.C4H11NO3/c40-22-33(23-41,24-42)38-31(43)15-25-7-10-27(11-8-25)37-32(44)21-45-20-26-9-12-30(36-16-26)19-39(17-28-5-1-3-13-34-28)18-29-6-2-4-14-35-29;35-28(33-24-10-7-22(8-11-24)15-29(36)37)21-38-20-23-9-12-27(32-16-23)19-34(17-25-5-1-3-13-30-25)18-26-6-2-4-14-31-26;5-4(1-6,2-7)3-8/h1-14,16,40-42H,15,17-24H2,(H,37,44)(H,38,43);1-14,16H,15,17-21H2,(H,33,35)(H,36,37);6-8H,1-3,5H2. The zero-order valence-corrected chi connectivity index (χ0v) is 50.3. The fourth-order valence-corrected chi connectivity index (χ4v) is 8.39. The first-order chi connectivity index (χ1) is 44.1. The van der Waals surface area contributed by atoms with Crippen LogP contribution in [0.5, 0.6) is 0 Å². The van der Waals surface area contributed by atoms with Gasteiger partial charge in [-0.1, -0.05) is 60.7 Å². The molecule has 91 heavy (non-hydrogen) atoms. The number of carboxylic acid groups (broad SMARTS) is 1. The van der Waals surface area contributed by atoms with Gasteiger partial charge in [-0.3, -0.25) is 58.9 Å². The largest absolute Gasteiger partial charge is 0.481 e. The summed E-state index contributed by atoms with van der Waals surface area (Å²) < 4.78 is 11.1. The fourth-order valence-electron chi connectivity index (χ4n) is 8.39. The molecule has 0 aliphatic rings. The number of benzene rings is 2. The van der Waals surface area contributed by atoms with Gasteiger partial charge in [0.1, 0.15) is 18.8 Å². The maximum atomic E-state index is 12.4. The highest BCUT2D eigenvalue weighted by atomic mass is 16.5. The summed E-state index contributed by atoms with van der Waals surface area (Å²) in [5.74, 6) is -1.99. The minimum atomic E-state index is -1.48. The number of carbonyl (C=O) groups is 4. The van der Waals surface area contributed by atoms with E-state index in [4.69, 9.17) is 35.6 Å². The van der Waals surface area contributed by atoms with Crippen molar-refractivity contribution in [3.63, 3.8) is 0 Å². The highest BCUT2D eigenvalue weighted by Crippen LogP contribution is 2.17. The zero-order chi connectivity index (χ0) is 65.1.